The van der Waals surface area contributed by atoms with Gasteiger partial charge in [0.25, 0.3) is 0 Å². The maximum atomic E-state index is 12.2. The molecule has 1 heterocycles. The zero-order chi connectivity index (χ0) is 12.7. The molecule has 0 saturated heterocycles. The van der Waals surface area contributed by atoms with Gasteiger partial charge < -0.3 is 9.88 Å². The van der Waals surface area contributed by atoms with Gasteiger partial charge >= 0.3 is 0 Å². The Morgan fingerprint density at radius 1 is 1.44 bits per heavy atom. The number of para-hydroxylation sites is 1. The third-order valence-electron chi connectivity index (χ3n) is 3.63. The SMILES string of the molecule is Cc1cccc2c(C(=O)CNC3CC3)cn(C)c12. The number of rotatable bonds is 4. The summed E-state index contributed by atoms with van der Waals surface area (Å²) < 4.78 is 2.05. The molecule has 3 heteroatoms. The third-order valence-corrected chi connectivity index (χ3v) is 3.63. The summed E-state index contributed by atoms with van der Waals surface area (Å²) in [6.07, 6.45) is 4.37. The number of carbonyl (C=O) groups is 1. The monoisotopic (exact) mass is 242 g/mol. The van der Waals surface area contributed by atoms with Crippen LogP contribution in [0.1, 0.15) is 28.8 Å². The normalized spacial score (nSPS) is 15.2. The second kappa shape index (κ2) is 4.25. The smallest absolute Gasteiger partial charge is 0.178 e. The van der Waals surface area contributed by atoms with Crippen molar-refractivity contribution >= 4 is 16.7 Å². The summed E-state index contributed by atoms with van der Waals surface area (Å²) in [6.45, 7) is 2.54. The molecule has 0 radical (unpaired) electrons. The van der Waals surface area contributed by atoms with E-state index in [9.17, 15) is 4.79 Å². The molecule has 1 aromatic carbocycles. The first kappa shape index (κ1) is 11.5. The predicted octanol–water partition coefficient (Wildman–Crippen LogP) is 2.42. The van der Waals surface area contributed by atoms with Crippen molar-refractivity contribution in [2.24, 2.45) is 7.05 Å². The van der Waals surface area contributed by atoms with Crippen LogP contribution >= 0.6 is 0 Å². The van der Waals surface area contributed by atoms with Crippen molar-refractivity contribution in [3.8, 4) is 0 Å². The van der Waals surface area contributed by atoms with Gasteiger partial charge in [-0.05, 0) is 25.3 Å². The lowest BCUT2D eigenvalue weighted by molar-refractivity contribution is 0.0992. The van der Waals surface area contributed by atoms with Crippen LogP contribution in [0.2, 0.25) is 0 Å². The summed E-state index contributed by atoms with van der Waals surface area (Å²) in [6, 6.07) is 6.71. The molecule has 1 fully saturated rings. The van der Waals surface area contributed by atoms with Gasteiger partial charge in [0.15, 0.2) is 5.78 Å². The van der Waals surface area contributed by atoms with Crippen molar-refractivity contribution < 1.29 is 4.79 Å². The molecular formula is C15H18N2O. The van der Waals surface area contributed by atoms with Crippen LogP contribution in [0.15, 0.2) is 24.4 Å². The largest absolute Gasteiger partial charge is 0.350 e. The Balaban J connectivity index is 1.95. The quantitative estimate of drug-likeness (QED) is 0.835. The minimum Gasteiger partial charge on any atom is -0.350 e. The summed E-state index contributed by atoms with van der Waals surface area (Å²) in [5.74, 6) is 0.193. The zero-order valence-corrected chi connectivity index (χ0v) is 10.9. The van der Waals surface area contributed by atoms with Crippen LogP contribution in [0.5, 0.6) is 0 Å². The molecule has 1 aliphatic carbocycles. The molecule has 1 aliphatic rings. The average Bonchev–Trinajstić information content (AvgIpc) is 3.11. The lowest BCUT2D eigenvalue weighted by Crippen LogP contribution is -2.24. The number of aromatic nitrogens is 1. The average molecular weight is 242 g/mol. The van der Waals surface area contributed by atoms with Crippen molar-refractivity contribution in [3.63, 3.8) is 0 Å². The van der Waals surface area contributed by atoms with E-state index < -0.39 is 0 Å². The molecule has 0 atom stereocenters. The highest BCUT2D eigenvalue weighted by molar-refractivity contribution is 6.09. The Bertz CT molecular complexity index is 608. The van der Waals surface area contributed by atoms with Crippen LogP contribution in [0.3, 0.4) is 0 Å². The molecule has 1 N–H and O–H groups in total. The van der Waals surface area contributed by atoms with Gasteiger partial charge in [0.1, 0.15) is 0 Å². The molecule has 0 unspecified atom stereocenters. The number of nitrogens with zero attached hydrogens (tertiary/aromatic N) is 1. The molecule has 0 aliphatic heterocycles. The Morgan fingerprint density at radius 3 is 2.94 bits per heavy atom. The highest BCUT2D eigenvalue weighted by atomic mass is 16.1. The van der Waals surface area contributed by atoms with Gasteiger partial charge in [-0.1, -0.05) is 18.2 Å². The van der Waals surface area contributed by atoms with Crippen molar-refractivity contribution in [2.45, 2.75) is 25.8 Å². The van der Waals surface area contributed by atoms with Crippen molar-refractivity contribution in [1.29, 1.82) is 0 Å². The second-order valence-corrected chi connectivity index (χ2v) is 5.20. The van der Waals surface area contributed by atoms with E-state index in [0.29, 0.717) is 12.6 Å². The van der Waals surface area contributed by atoms with Crippen LogP contribution in [-0.4, -0.2) is 22.9 Å². The molecule has 3 nitrogen and oxygen atoms in total. The van der Waals surface area contributed by atoms with Gasteiger partial charge in [0, 0.05) is 30.2 Å². The third kappa shape index (κ3) is 1.95. The minimum atomic E-state index is 0.193. The number of carbonyl (C=O) groups excluding carboxylic acids is 1. The molecule has 0 bridgehead atoms. The van der Waals surface area contributed by atoms with Crippen molar-refractivity contribution in [1.82, 2.24) is 9.88 Å². The minimum absolute atomic E-state index is 0.193. The highest BCUT2D eigenvalue weighted by Crippen LogP contribution is 2.24. The number of nitrogens with one attached hydrogen (secondary N) is 1. The molecule has 3 rings (SSSR count). The number of ketones is 1. The van der Waals surface area contributed by atoms with E-state index in [4.69, 9.17) is 0 Å². The van der Waals surface area contributed by atoms with Crippen LogP contribution in [0.25, 0.3) is 10.9 Å². The van der Waals surface area contributed by atoms with E-state index in [1.165, 1.54) is 18.4 Å². The van der Waals surface area contributed by atoms with Crippen LogP contribution in [0.4, 0.5) is 0 Å². The first-order chi connectivity index (χ1) is 8.66. The van der Waals surface area contributed by atoms with Gasteiger partial charge in [-0.25, -0.2) is 0 Å². The van der Waals surface area contributed by atoms with E-state index in [-0.39, 0.29) is 5.78 Å². The molecule has 1 aromatic heterocycles. The second-order valence-electron chi connectivity index (χ2n) is 5.20. The summed E-state index contributed by atoms with van der Waals surface area (Å²) in [5, 5.41) is 4.35. The van der Waals surface area contributed by atoms with E-state index in [1.807, 2.05) is 25.4 Å². The van der Waals surface area contributed by atoms with E-state index in [2.05, 4.69) is 22.9 Å². The molecule has 0 spiro atoms. The number of fused-ring (bicyclic) bond motifs is 1. The number of hydrogen-bond acceptors (Lipinski definition) is 2. The van der Waals surface area contributed by atoms with Crippen LogP contribution in [-0.2, 0) is 7.05 Å². The number of aryl methyl sites for hydroxylation is 2. The fourth-order valence-corrected chi connectivity index (χ4v) is 2.51. The predicted molar refractivity (Wildman–Crippen MR) is 73.0 cm³/mol. The van der Waals surface area contributed by atoms with Gasteiger partial charge in [-0.3, -0.25) is 4.79 Å². The van der Waals surface area contributed by atoms with E-state index >= 15 is 0 Å². The Kier molecular flexibility index (Phi) is 2.71. The molecule has 18 heavy (non-hydrogen) atoms. The Hall–Kier alpha value is -1.61. The molecule has 0 amide bonds. The molecule has 94 valence electrons. The van der Waals surface area contributed by atoms with Crippen LogP contribution < -0.4 is 5.32 Å². The van der Waals surface area contributed by atoms with Crippen molar-refractivity contribution in [3.05, 3.63) is 35.5 Å². The molecule has 1 saturated carbocycles. The molecular weight excluding hydrogens is 224 g/mol. The fourth-order valence-electron chi connectivity index (χ4n) is 2.51. The maximum Gasteiger partial charge on any atom is 0.178 e. The van der Waals surface area contributed by atoms with Gasteiger partial charge in [0.2, 0.25) is 0 Å². The summed E-state index contributed by atoms with van der Waals surface area (Å²) in [7, 11) is 2.00. The van der Waals surface area contributed by atoms with E-state index in [0.717, 1.165) is 16.5 Å². The Morgan fingerprint density at radius 2 is 2.22 bits per heavy atom. The number of Topliss-reactive ketones (excluding diaryl/α,β-unsaturated/α-hetero) is 1. The fraction of sp³-hybridized carbons (Fsp3) is 0.400. The van der Waals surface area contributed by atoms with Crippen molar-refractivity contribution in [2.75, 3.05) is 6.54 Å². The van der Waals surface area contributed by atoms with Gasteiger partial charge in [-0.2, -0.15) is 0 Å². The number of hydrogen-bond donors (Lipinski definition) is 1. The summed E-state index contributed by atoms with van der Waals surface area (Å²) >= 11 is 0. The van der Waals surface area contributed by atoms with E-state index in [1.54, 1.807) is 0 Å². The standard InChI is InChI=1S/C15H18N2O/c1-10-4-3-5-12-13(9-17(2)15(10)12)14(18)8-16-11-6-7-11/h3-5,9,11,16H,6-8H2,1-2H3. The lowest BCUT2D eigenvalue weighted by atomic mass is 10.1. The maximum absolute atomic E-state index is 12.2. The summed E-state index contributed by atoms with van der Waals surface area (Å²) in [4.78, 5) is 12.2. The first-order valence-electron chi connectivity index (χ1n) is 6.48. The highest BCUT2D eigenvalue weighted by Gasteiger charge is 2.22. The number of benzene rings is 1. The van der Waals surface area contributed by atoms with Gasteiger partial charge in [0.05, 0.1) is 12.1 Å². The Labute approximate surface area is 107 Å². The topological polar surface area (TPSA) is 34.0 Å². The van der Waals surface area contributed by atoms with Crippen LogP contribution in [0, 0.1) is 6.92 Å². The summed E-state index contributed by atoms with van der Waals surface area (Å²) in [5.41, 5.74) is 3.21. The first-order valence-corrected chi connectivity index (χ1v) is 6.48. The van der Waals surface area contributed by atoms with Gasteiger partial charge in [-0.15, -0.1) is 0 Å². The molecule has 2 aromatic rings. The zero-order valence-electron chi connectivity index (χ0n) is 10.9. The lowest BCUT2D eigenvalue weighted by Gasteiger charge is -2.01.